The number of carbonyl (C=O) groups excluding carboxylic acids is 1. The zero-order valence-electron chi connectivity index (χ0n) is 16.8. The third-order valence-electron chi connectivity index (χ3n) is 5.23. The number of rotatable bonds is 2. The summed E-state index contributed by atoms with van der Waals surface area (Å²) < 4.78 is 13.1. The number of piperazine rings is 1. The first kappa shape index (κ1) is 25.5. The number of hydrogen-bond donors (Lipinski definition) is 2. The number of guanidine groups is 1. The molecule has 1 amide bonds. The molecule has 0 saturated carbocycles. The Bertz CT molecular complexity index is 1140. The SMILES string of the molecule is Cl.Cl.Cl.O=C1NC(N2CCN(c3ccc(F)cc3)CC2)=N/C1=C\c1c[nH]c2ncccc12. The fourth-order valence-corrected chi connectivity index (χ4v) is 3.68. The smallest absolute Gasteiger partial charge is 0.276 e. The van der Waals surface area contributed by atoms with Gasteiger partial charge in [-0.3, -0.25) is 10.1 Å². The first-order valence-electron chi connectivity index (χ1n) is 9.47. The van der Waals surface area contributed by atoms with E-state index in [0.717, 1.165) is 48.5 Å². The van der Waals surface area contributed by atoms with E-state index in [1.807, 2.05) is 18.3 Å². The minimum Gasteiger partial charge on any atom is -0.368 e. The number of aliphatic imine (C=N–C) groups is 1. The van der Waals surface area contributed by atoms with Crippen LogP contribution in [0.25, 0.3) is 17.1 Å². The first-order valence-corrected chi connectivity index (χ1v) is 9.47. The summed E-state index contributed by atoms with van der Waals surface area (Å²) in [6.07, 6.45) is 5.32. The van der Waals surface area contributed by atoms with Crippen LogP contribution in [0.2, 0.25) is 0 Å². The van der Waals surface area contributed by atoms with Crippen LogP contribution in [0, 0.1) is 5.82 Å². The summed E-state index contributed by atoms with van der Waals surface area (Å²) in [5, 5.41) is 3.82. The molecule has 5 rings (SSSR count). The maximum Gasteiger partial charge on any atom is 0.276 e. The summed E-state index contributed by atoms with van der Waals surface area (Å²) >= 11 is 0. The number of nitrogens with one attached hydrogen (secondary N) is 2. The Kier molecular flexibility index (Phi) is 8.49. The third kappa shape index (κ3) is 4.98. The van der Waals surface area contributed by atoms with E-state index in [2.05, 4.69) is 30.1 Å². The molecule has 3 aromatic rings. The Morgan fingerprint density at radius 1 is 0.969 bits per heavy atom. The molecule has 1 aromatic carbocycles. The fourth-order valence-electron chi connectivity index (χ4n) is 3.68. The molecule has 2 aliphatic rings. The standard InChI is InChI=1S/C21H19FN6O.3ClH/c22-15-3-5-16(6-4-15)27-8-10-28(11-9-27)21-25-18(20(29)26-21)12-14-13-24-19-17(14)2-1-7-23-19;;;/h1-7,12-13H,8-11H2,(H,23,24)(H,25,26,29);3*1H/b18-12-;;;. The van der Waals surface area contributed by atoms with Gasteiger partial charge in [0, 0.05) is 55.2 Å². The van der Waals surface area contributed by atoms with Gasteiger partial charge >= 0.3 is 0 Å². The summed E-state index contributed by atoms with van der Waals surface area (Å²) in [4.78, 5) is 28.6. The van der Waals surface area contributed by atoms with E-state index in [9.17, 15) is 9.18 Å². The molecule has 170 valence electrons. The van der Waals surface area contributed by atoms with Gasteiger partial charge in [0.25, 0.3) is 5.91 Å². The number of halogens is 4. The van der Waals surface area contributed by atoms with Crippen LogP contribution >= 0.6 is 37.2 Å². The molecule has 1 fully saturated rings. The highest BCUT2D eigenvalue weighted by atomic mass is 35.5. The van der Waals surface area contributed by atoms with Crippen LogP contribution in [0.4, 0.5) is 10.1 Å². The number of nitrogens with zero attached hydrogens (tertiary/aromatic N) is 4. The summed E-state index contributed by atoms with van der Waals surface area (Å²) in [5.74, 6) is 0.137. The highest BCUT2D eigenvalue weighted by Crippen LogP contribution is 2.22. The zero-order chi connectivity index (χ0) is 19.8. The van der Waals surface area contributed by atoms with E-state index in [-0.39, 0.29) is 48.9 Å². The van der Waals surface area contributed by atoms with Crippen LogP contribution < -0.4 is 10.2 Å². The van der Waals surface area contributed by atoms with Crippen LogP contribution in [-0.2, 0) is 4.79 Å². The molecule has 0 radical (unpaired) electrons. The number of hydrogen-bond acceptors (Lipinski definition) is 5. The third-order valence-corrected chi connectivity index (χ3v) is 5.23. The maximum atomic E-state index is 13.1. The zero-order valence-corrected chi connectivity index (χ0v) is 19.3. The van der Waals surface area contributed by atoms with Crippen LogP contribution in [0.15, 0.2) is 59.5 Å². The molecule has 7 nitrogen and oxygen atoms in total. The largest absolute Gasteiger partial charge is 0.368 e. The highest BCUT2D eigenvalue weighted by molar-refractivity contribution is 6.14. The van der Waals surface area contributed by atoms with E-state index in [4.69, 9.17) is 0 Å². The Morgan fingerprint density at radius 3 is 2.38 bits per heavy atom. The van der Waals surface area contributed by atoms with Crippen molar-refractivity contribution >= 4 is 71.9 Å². The van der Waals surface area contributed by atoms with Gasteiger partial charge < -0.3 is 14.8 Å². The van der Waals surface area contributed by atoms with Crippen molar-refractivity contribution in [3.05, 3.63) is 65.9 Å². The van der Waals surface area contributed by atoms with Gasteiger partial charge in [0.2, 0.25) is 5.96 Å². The predicted octanol–water partition coefficient (Wildman–Crippen LogP) is 3.62. The number of pyridine rings is 1. The highest BCUT2D eigenvalue weighted by Gasteiger charge is 2.27. The lowest BCUT2D eigenvalue weighted by Gasteiger charge is -2.36. The van der Waals surface area contributed by atoms with Gasteiger partial charge in [-0.15, -0.1) is 37.2 Å². The number of fused-ring (bicyclic) bond motifs is 1. The molecule has 0 atom stereocenters. The first-order chi connectivity index (χ1) is 14.2. The molecule has 32 heavy (non-hydrogen) atoms. The van der Waals surface area contributed by atoms with Crippen molar-refractivity contribution in [1.82, 2.24) is 20.2 Å². The molecule has 4 heterocycles. The minimum atomic E-state index is -0.235. The Morgan fingerprint density at radius 2 is 1.66 bits per heavy atom. The van der Waals surface area contributed by atoms with Gasteiger partial charge in [-0.2, -0.15) is 0 Å². The van der Waals surface area contributed by atoms with Gasteiger partial charge in [0.1, 0.15) is 17.2 Å². The second kappa shape index (κ2) is 10.7. The Balaban J connectivity index is 0.00000121. The van der Waals surface area contributed by atoms with Crippen molar-refractivity contribution in [1.29, 1.82) is 0 Å². The second-order valence-electron chi connectivity index (χ2n) is 7.01. The van der Waals surface area contributed by atoms with Gasteiger partial charge in [-0.25, -0.2) is 14.4 Å². The number of carbonyl (C=O) groups is 1. The summed E-state index contributed by atoms with van der Waals surface area (Å²) in [6, 6.07) is 10.3. The van der Waals surface area contributed by atoms with Crippen molar-refractivity contribution in [2.75, 3.05) is 31.1 Å². The van der Waals surface area contributed by atoms with Gasteiger partial charge in [-0.1, -0.05) is 0 Å². The van der Waals surface area contributed by atoms with E-state index in [1.54, 1.807) is 24.4 Å². The predicted molar refractivity (Wildman–Crippen MR) is 132 cm³/mol. The fraction of sp³-hybridized carbons (Fsp3) is 0.190. The number of H-pyrrole nitrogens is 1. The Hall–Kier alpha value is -2.81. The molecule has 2 N–H and O–H groups in total. The maximum absolute atomic E-state index is 13.1. The molecule has 0 bridgehead atoms. The number of benzene rings is 1. The number of anilines is 1. The van der Waals surface area contributed by atoms with Crippen molar-refractivity contribution in [2.24, 2.45) is 4.99 Å². The monoisotopic (exact) mass is 498 g/mol. The minimum absolute atomic E-state index is 0. The number of aromatic amines is 1. The molecular formula is C21H22Cl3FN6O. The summed E-state index contributed by atoms with van der Waals surface area (Å²) in [5.41, 5.74) is 3.03. The van der Waals surface area contributed by atoms with E-state index < -0.39 is 0 Å². The molecule has 0 aliphatic carbocycles. The quantitative estimate of drug-likeness (QED) is 0.528. The molecule has 0 unspecified atom stereocenters. The second-order valence-corrected chi connectivity index (χ2v) is 7.01. The lowest BCUT2D eigenvalue weighted by Crippen LogP contribution is -2.52. The summed E-state index contributed by atoms with van der Waals surface area (Å²) in [7, 11) is 0. The number of aromatic nitrogens is 2. The van der Waals surface area contributed by atoms with Gasteiger partial charge in [0.05, 0.1) is 0 Å². The Labute approximate surface area is 203 Å². The lowest BCUT2D eigenvalue weighted by atomic mass is 10.2. The van der Waals surface area contributed by atoms with Gasteiger partial charge in [-0.05, 0) is 42.5 Å². The molecule has 0 spiro atoms. The lowest BCUT2D eigenvalue weighted by molar-refractivity contribution is -0.115. The van der Waals surface area contributed by atoms with Crippen molar-refractivity contribution in [3.8, 4) is 0 Å². The molecular weight excluding hydrogens is 478 g/mol. The van der Waals surface area contributed by atoms with Crippen LogP contribution in [0.3, 0.4) is 0 Å². The van der Waals surface area contributed by atoms with Crippen molar-refractivity contribution in [3.63, 3.8) is 0 Å². The molecule has 1 saturated heterocycles. The van der Waals surface area contributed by atoms with Crippen molar-refractivity contribution in [2.45, 2.75) is 0 Å². The average Bonchev–Trinajstić information content (AvgIpc) is 3.33. The molecule has 2 aromatic heterocycles. The topological polar surface area (TPSA) is 76.6 Å². The van der Waals surface area contributed by atoms with Crippen LogP contribution in [-0.4, -0.2) is 52.9 Å². The van der Waals surface area contributed by atoms with Gasteiger partial charge in [0.15, 0.2) is 0 Å². The number of amides is 1. The van der Waals surface area contributed by atoms with Crippen molar-refractivity contribution < 1.29 is 9.18 Å². The normalized spacial score (nSPS) is 16.7. The molecule has 11 heteroatoms. The summed E-state index contributed by atoms with van der Waals surface area (Å²) in [6.45, 7) is 2.99. The molecule has 2 aliphatic heterocycles. The van der Waals surface area contributed by atoms with E-state index in [0.29, 0.717) is 11.7 Å². The van der Waals surface area contributed by atoms with E-state index >= 15 is 0 Å². The van der Waals surface area contributed by atoms with E-state index in [1.165, 1.54) is 12.1 Å². The average molecular weight is 500 g/mol. The van der Waals surface area contributed by atoms with Crippen LogP contribution in [0.1, 0.15) is 5.56 Å². The van der Waals surface area contributed by atoms with Crippen LogP contribution in [0.5, 0.6) is 0 Å².